The third kappa shape index (κ3) is 5.79. The number of ether oxygens (including phenoxy) is 1. The van der Waals surface area contributed by atoms with Crippen LogP contribution in [0, 0.1) is 5.92 Å². The van der Waals surface area contributed by atoms with Crippen molar-refractivity contribution in [1.82, 2.24) is 15.1 Å². The van der Waals surface area contributed by atoms with Crippen LogP contribution >= 0.6 is 0 Å². The molecule has 2 N–H and O–H groups in total. The highest BCUT2D eigenvalue weighted by Crippen LogP contribution is 2.26. The van der Waals surface area contributed by atoms with Gasteiger partial charge in [0.15, 0.2) is 0 Å². The van der Waals surface area contributed by atoms with Gasteiger partial charge in [0.05, 0.1) is 13.2 Å². The van der Waals surface area contributed by atoms with Crippen LogP contribution < -0.4 is 10.6 Å². The minimum absolute atomic E-state index is 0.129. The Morgan fingerprint density at radius 2 is 1.83 bits per heavy atom. The number of benzene rings is 1. The second-order valence-corrected chi connectivity index (χ2v) is 8.05. The van der Waals surface area contributed by atoms with E-state index in [1.807, 2.05) is 24.3 Å². The first-order chi connectivity index (χ1) is 14.8. The average Bonchev–Trinajstić information content (AvgIpc) is 3.27. The normalized spacial score (nSPS) is 18.3. The lowest BCUT2D eigenvalue weighted by molar-refractivity contribution is -0.120. The molecule has 2 aliphatic rings. The Morgan fingerprint density at radius 1 is 1.07 bits per heavy atom. The quantitative estimate of drug-likeness (QED) is 0.641. The zero-order chi connectivity index (χ0) is 20.6. The highest BCUT2D eigenvalue weighted by atomic mass is 16.5. The van der Waals surface area contributed by atoms with Crippen molar-refractivity contribution in [2.45, 2.75) is 38.5 Å². The van der Waals surface area contributed by atoms with E-state index < -0.39 is 0 Å². The molecule has 2 aromatic rings. The number of nitrogens with one attached hydrogen (secondary N) is 2. The standard InChI is InChI=1S/C22H31N5O3/c28-20(17-5-2-1-3-6-17)24-19-9-7-18(8-10-19)21-25-26-22(30-21)23-11-4-12-27-13-15-29-16-14-27/h7-10,17H,1-6,11-16H2,(H,23,26)(H,24,28). The van der Waals surface area contributed by atoms with Crippen molar-refractivity contribution in [2.75, 3.05) is 50.0 Å². The van der Waals surface area contributed by atoms with Crippen LogP contribution in [0.4, 0.5) is 11.7 Å². The van der Waals surface area contributed by atoms with Crippen LogP contribution in [-0.2, 0) is 9.53 Å². The number of amides is 1. The number of hydrogen-bond donors (Lipinski definition) is 2. The highest BCUT2D eigenvalue weighted by molar-refractivity contribution is 5.92. The summed E-state index contributed by atoms with van der Waals surface area (Å²) in [5, 5.41) is 14.4. The van der Waals surface area contributed by atoms with Gasteiger partial charge in [0, 0.05) is 36.8 Å². The molecule has 162 valence electrons. The summed E-state index contributed by atoms with van der Waals surface area (Å²) in [4.78, 5) is 14.8. The van der Waals surface area contributed by atoms with E-state index in [9.17, 15) is 4.79 Å². The predicted molar refractivity (Wildman–Crippen MR) is 115 cm³/mol. The van der Waals surface area contributed by atoms with E-state index in [1.165, 1.54) is 6.42 Å². The smallest absolute Gasteiger partial charge is 0.315 e. The van der Waals surface area contributed by atoms with Crippen LogP contribution in [0.2, 0.25) is 0 Å². The summed E-state index contributed by atoms with van der Waals surface area (Å²) >= 11 is 0. The first-order valence-corrected chi connectivity index (χ1v) is 11.1. The van der Waals surface area contributed by atoms with Gasteiger partial charge in [-0.25, -0.2) is 0 Å². The predicted octanol–water partition coefficient (Wildman–Crippen LogP) is 3.39. The van der Waals surface area contributed by atoms with Crippen molar-refractivity contribution in [1.29, 1.82) is 0 Å². The number of carbonyl (C=O) groups is 1. The van der Waals surface area contributed by atoms with Gasteiger partial charge in [-0.3, -0.25) is 9.69 Å². The van der Waals surface area contributed by atoms with Crippen LogP contribution in [0.5, 0.6) is 0 Å². The largest absolute Gasteiger partial charge is 0.403 e. The number of anilines is 2. The summed E-state index contributed by atoms with van der Waals surface area (Å²) in [7, 11) is 0. The SMILES string of the molecule is O=C(Nc1ccc(-c2nnc(NCCCN3CCOCC3)o2)cc1)C1CCCCC1. The first kappa shape index (κ1) is 20.8. The van der Waals surface area contributed by atoms with Gasteiger partial charge < -0.3 is 19.8 Å². The number of rotatable bonds is 8. The van der Waals surface area contributed by atoms with E-state index in [1.54, 1.807) is 0 Å². The number of nitrogens with zero attached hydrogens (tertiary/aromatic N) is 3. The summed E-state index contributed by atoms with van der Waals surface area (Å²) in [5.41, 5.74) is 1.63. The monoisotopic (exact) mass is 413 g/mol. The fourth-order valence-electron chi connectivity index (χ4n) is 4.04. The molecule has 2 heterocycles. The zero-order valence-electron chi connectivity index (χ0n) is 17.4. The average molecular weight is 414 g/mol. The molecular formula is C22H31N5O3. The molecule has 0 bridgehead atoms. The minimum Gasteiger partial charge on any atom is -0.403 e. The third-order valence-corrected chi connectivity index (χ3v) is 5.83. The lowest BCUT2D eigenvalue weighted by Crippen LogP contribution is -2.37. The Morgan fingerprint density at radius 3 is 2.60 bits per heavy atom. The molecule has 1 aromatic carbocycles. The maximum Gasteiger partial charge on any atom is 0.315 e. The fraction of sp³-hybridized carbons (Fsp3) is 0.591. The van der Waals surface area contributed by atoms with Crippen molar-refractivity contribution in [2.24, 2.45) is 5.92 Å². The molecule has 1 saturated carbocycles. The molecule has 4 rings (SSSR count). The first-order valence-electron chi connectivity index (χ1n) is 11.1. The van der Waals surface area contributed by atoms with Gasteiger partial charge in [0.1, 0.15) is 0 Å². The molecule has 0 spiro atoms. The Hall–Kier alpha value is -2.45. The number of hydrogen-bond acceptors (Lipinski definition) is 7. The van der Waals surface area contributed by atoms with Crippen molar-refractivity contribution in [3.05, 3.63) is 24.3 Å². The maximum absolute atomic E-state index is 12.4. The van der Waals surface area contributed by atoms with E-state index >= 15 is 0 Å². The number of aromatic nitrogens is 2. The Kier molecular flexibility index (Phi) is 7.31. The lowest BCUT2D eigenvalue weighted by Gasteiger charge is -2.26. The van der Waals surface area contributed by atoms with E-state index in [0.29, 0.717) is 11.9 Å². The van der Waals surface area contributed by atoms with Gasteiger partial charge in [-0.05, 0) is 50.1 Å². The van der Waals surface area contributed by atoms with Crippen molar-refractivity contribution >= 4 is 17.6 Å². The summed E-state index contributed by atoms with van der Waals surface area (Å²) in [6.45, 7) is 5.47. The minimum atomic E-state index is 0.129. The topological polar surface area (TPSA) is 92.5 Å². The van der Waals surface area contributed by atoms with Crippen LogP contribution in [0.3, 0.4) is 0 Å². The van der Waals surface area contributed by atoms with Gasteiger partial charge in [-0.1, -0.05) is 24.4 Å². The second kappa shape index (κ2) is 10.5. The van der Waals surface area contributed by atoms with Crippen LogP contribution in [0.1, 0.15) is 38.5 Å². The molecule has 0 atom stereocenters. The molecule has 0 unspecified atom stereocenters. The molecule has 8 heteroatoms. The van der Waals surface area contributed by atoms with E-state index in [4.69, 9.17) is 9.15 Å². The second-order valence-electron chi connectivity index (χ2n) is 8.05. The van der Waals surface area contributed by atoms with Crippen LogP contribution in [0.25, 0.3) is 11.5 Å². The van der Waals surface area contributed by atoms with E-state index in [2.05, 4.69) is 25.7 Å². The van der Waals surface area contributed by atoms with E-state index in [0.717, 1.165) is 82.7 Å². The zero-order valence-corrected chi connectivity index (χ0v) is 17.4. The number of carbonyl (C=O) groups excluding carboxylic acids is 1. The lowest BCUT2D eigenvalue weighted by atomic mass is 9.88. The molecule has 1 amide bonds. The summed E-state index contributed by atoms with van der Waals surface area (Å²) in [5.74, 6) is 0.742. The molecule has 2 fully saturated rings. The van der Waals surface area contributed by atoms with Crippen LogP contribution in [-0.4, -0.2) is 60.4 Å². The highest BCUT2D eigenvalue weighted by Gasteiger charge is 2.21. The van der Waals surface area contributed by atoms with Gasteiger partial charge >= 0.3 is 6.01 Å². The van der Waals surface area contributed by atoms with Crippen molar-refractivity contribution in [3.63, 3.8) is 0 Å². The summed E-state index contributed by atoms with van der Waals surface area (Å²) in [6, 6.07) is 7.99. The van der Waals surface area contributed by atoms with Crippen LogP contribution in [0.15, 0.2) is 28.7 Å². The molecule has 1 saturated heterocycles. The maximum atomic E-state index is 12.4. The fourth-order valence-corrected chi connectivity index (χ4v) is 4.04. The van der Waals surface area contributed by atoms with Gasteiger partial charge in [-0.2, -0.15) is 0 Å². The Labute approximate surface area is 177 Å². The molecule has 1 aromatic heterocycles. The summed E-state index contributed by atoms with van der Waals surface area (Å²) in [6.07, 6.45) is 6.54. The molecular weight excluding hydrogens is 382 g/mol. The molecule has 0 radical (unpaired) electrons. The molecule has 8 nitrogen and oxygen atoms in total. The molecule has 30 heavy (non-hydrogen) atoms. The molecule has 1 aliphatic heterocycles. The van der Waals surface area contributed by atoms with Gasteiger partial charge in [-0.15, -0.1) is 5.10 Å². The van der Waals surface area contributed by atoms with Gasteiger partial charge in [0.25, 0.3) is 0 Å². The van der Waals surface area contributed by atoms with Gasteiger partial charge in [0.2, 0.25) is 11.8 Å². The molecule has 1 aliphatic carbocycles. The third-order valence-electron chi connectivity index (χ3n) is 5.83. The van der Waals surface area contributed by atoms with Crippen molar-refractivity contribution in [3.8, 4) is 11.5 Å². The van der Waals surface area contributed by atoms with E-state index in [-0.39, 0.29) is 11.8 Å². The van der Waals surface area contributed by atoms with Crippen molar-refractivity contribution < 1.29 is 13.9 Å². The summed E-state index contributed by atoms with van der Waals surface area (Å²) < 4.78 is 11.1. The Balaban J connectivity index is 1.23. The Bertz CT molecular complexity index is 795. The number of morpholine rings is 1.